The van der Waals surface area contributed by atoms with Crippen LogP contribution in [0, 0.1) is 5.82 Å². The molecule has 0 atom stereocenters. The van der Waals surface area contributed by atoms with Crippen LogP contribution in [0.15, 0.2) is 29.4 Å². The molecule has 7 heteroatoms. The highest BCUT2D eigenvalue weighted by Crippen LogP contribution is 2.31. The highest BCUT2D eigenvalue weighted by Gasteiger charge is 2.34. The van der Waals surface area contributed by atoms with E-state index in [1.807, 2.05) is 13.1 Å². The Morgan fingerprint density at radius 3 is 2.84 bits per heavy atom. The van der Waals surface area contributed by atoms with Gasteiger partial charge < -0.3 is 20.7 Å². The number of rotatable bonds is 6. The van der Waals surface area contributed by atoms with Gasteiger partial charge in [0.1, 0.15) is 5.82 Å². The van der Waals surface area contributed by atoms with Gasteiger partial charge in [-0.2, -0.15) is 0 Å². The Hall–Kier alpha value is -1.35. The number of hydrogen-bond donors (Lipinski definition) is 4. The summed E-state index contributed by atoms with van der Waals surface area (Å²) >= 11 is 0. The maximum Gasteiger partial charge on any atom is 0.191 e. The number of aliphatic hydroxyl groups is 1. The molecule has 1 aliphatic carbocycles. The van der Waals surface area contributed by atoms with E-state index in [4.69, 9.17) is 0 Å². The SMILES string of the molecule is CCNC(=NCC1(O)CCC1)NCCc1c[nH]c2ccc(F)cc12.I. The number of H-pyrrole nitrogens is 1. The first-order valence-corrected chi connectivity index (χ1v) is 8.60. The quantitative estimate of drug-likeness (QED) is 0.305. The van der Waals surface area contributed by atoms with Gasteiger partial charge in [0.05, 0.1) is 12.1 Å². The van der Waals surface area contributed by atoms with E-state index in [9.17, 15) is 9.50 Å². The number of aromatic amines is 1. The molecule has 0 radical (unpaired) electrons. The summed E-state index contributed by atoms with van der Waals surface area (Å²) in [6.45, 7) is 3.90. The number of fused-ring (bicyclic) bond motifs is 1. The zero-order chi connectivity index (χ0) is 17.0. The monoisotopic (exact) mass is 460 g/mol. The average Bonchev–Trinajstić information content (AvgIpc) is 2.93. The van der Waals surface area contributed by atoms with Gasteiger partial charge in [-0.1, -0.05) is 0 Å². The molecule has 25 heavy (non-hydrogen) atoms. The minimum Gasteiger partial charge on any atom is -0.388 e. The number of nitrogens with zero attached hydrogens (tertiary/aromatic N) is 1. The molecule has 5 nitrogen and oxygen atoms in total. The molecule has 4 N–H and O–H groups in total. The second-order valence-corrected chi connectivity index (χ2v) is 6.45. The van der Waals surface area contributed by atoms with Crippen LogP contribution in [0.5, 0.6) is 0 Å². The van der Waals surface area contributed by atoms with Crippen molar-refractivity contribution >= 4 is 40.8 Å². The Bertz CT molecular complexity index is 727. The van der Waals surface area contributed by atoms with Gasteiger partial charge in [0.15, 0.2) is 5.96 Å². The third kappa shape index (κ3) is 5.07. The van der Waals surface area contributed by atoms with Gasteiger partial charge in [-0.25, -0.2) is 4.39 Å². The van der Waals surface area contributed by atoms with Gasteiger partial charge in [-0.05, 0) is 56.4 Å². The van der Waals surface area contributed by atoms with Crippen LogP contribution in [0.2, 0.25) is 0 Å². The third-order valence-electron chi connectivity index (χ3n) is 4.58. The van der Waals surface area contributed by atoms with E-state index in [1.54, 1.807) is 12.1 Å². The summed E-state index contributed by atoms with van der Waals surface area (Å²) in [7, 11) is 0. The van der Waals surface area contributed by atoms with Crippen LogP contribution < -0.4 is 10.6 Å². The maximum atomic E-state index is 13.4. The molecule has 1 heterocycles. The van der Waals surface area contributed by atoms with E-state index >= 15 is 0 Å². The van der Waals surface area contributed by atoms with Crippen LogP contribution >= 0.6 is 24.0 Å². The normalized spacial score (nSPS) is 16.2. The van der Waals surface area contributed by atoms with Crippen molar-refractivity contribution in [3.8, 4) is 0 Å². The zero-order valence-corrected chi connectivity index (χ0v) is 16.8. The second kappa shape index (κ2) is 8.84. The third-order valence-corrected chi connectivity index (χ3v) is 4.58. The van der Waals surface area contributed by atoms with Gasteiger partial charge in [0.2, 0.25) is 0 Å². The summed E-state index contributed by atoms with van der Waals surface area (Å²) in [6, 6.07) is 4.78. The number of benzene rings is 1. The van der Waals surface area contributed by atoms with Crippen LogP contribution in [0.1, 0.15) is 31.7 Å². The molecule has 1 saturated carbocycles. The number of guanidine groups is 1. The second-order valence-electron chi connectivity index (χ2n) is 6.45. The molecule has 0 aliphatic heterocycles. The zero-order valence-electron chi connectivity index (χ0n) is 14.4. The fraction of sp³-hybridized carbons (Fsp3) is 0.500. The molecule has 3 rings (SSSR count). The number of aromatic nitrogens is 1. The number of halogens is 2. The van der Waals surface area contributed by atoms with Crippen LogP contribution in [0.4, 0.5) is 4.39 Å². The first-order valence-electron chi connectivity index (χ1n) is 8.60. The molecule has 138 valence electrons. The van der Waals surface area contributed by atoms with Crippen molar-refractivity contribution in [2.24, 2.45) is 4.99 Å². The molecule has 0 amide bonds. The smallest absolute Gasteiger partial charge is 0.191 e. The summed E-state index contributed by atoms with van der Waals surface area (Å²) in [5, 5.41) is 17.5. The number of nitrogens with one attached hydrogen (secondary N) is 3. The molecule has 0 spiro atoms. The number of hydrogen-bond acceptors (Lipinski definition) is 2. The van der Waals surface area contributed by atoms with Crippen molar-refractivity contribution in [3.05, 3.63) is 35.8 Å². The van der Waals surface area contributed by atoms with Crippen molar-refractivity contribution in [1.29, 1.82) is 0 Å². The molecular weight excluding hydrogens is 434 g/mol. The van der Waals surface area contributed by atoms with E-state index in [1.165, 1.54) is 6.07 Å². The minimum absolute atomic E-state index is 0. The molecular formula is C18H26FIN4O. The van der Waals surface area contributed by atoms with E-state index in [2.05, 4.69) is 20.6 Å². The standard InChI is InChI=1S/C18H25FN4O.HI/c1-2-20-17(23-12-18(24)7-3-8-18)21-9-6-13-11-22-16-5-4-14(19)10-15(13)16;/h4-5,10-11,22,24H,2-3,6-9,12H2,1H3,(H2,20,21,23);1H. The highest BCUT2D eigenvalue weighted by molar-refractivity contribution is 14.0. The van der Waals surface area contributed by atoms with E-state index in [0.717, 1.165) is 48.7 Å². The Morgan fingerprint density at radius 1 is 1.36 bits per heavy atom. The number of aliphatic imine (C=N–C) groups is 1. The lowest BCUT2D eigenvalue weighted by molar-refractivity contribution is -0.0236. The molecule has 2 aromatic rings. The summed E-state index contributed by atoms with van der Waals surface area (Å²) in [4.78, 5) is 7.64. The lowest BCUT2D eigenvalue weighted by Crippen LogP contribution is -2.43. The summed E-state index contributed by atoms with van der Waals surface area (Å²) in [5.74, 6) is 0.490. The Kier molecular flexibility index (Phi) is 7.06. The molecule has 1 aromatic heterocycles. The van der Waals surface area contributed by atoms with E-state index in [0.29, 0.717) is 19.0 Å². The minimum atomic E-state index is -0.614. The van der Waals surface area contributed by atoms with Crippen molar-refractivity contribution in [1.82, 2.24) is 15.6 Å². The largest absolute Gasteiger partial charge is 0.388 e. The Morgan fingerprint density at radius 2 is 2.16 bits per heavy atom. The van der Waals surface area contributed by atoms with Gasteiger partial charge in [-0.3, -0.25) is 4.99 Å². The highest BCUT2D eigenvalue weighted by atomic mass is 127. The first kappa shape index (κ1) is 20.0. The summed E-state index contributed by atoms with van der Waals surface area (Å²) in [6.07, 6.45) is 5.42. The lowest BCUT2D eigenvalue weighted by Gasteiger charge is -2.35. The van der Waals surface area contributed by atoms with Gasteiger partial charge >= 0.3 is 0 Å². The van der Waals surface area contributed by atoms with E-state index < -0.39 is 5.60 Å². The summed E-state index contributed by atoms with van der Waals surface area (Å²) < 4.78 is 13.4. The van der Waals surface area contributed by atoms with Crippen LogP contribution in [0.3, 0.4) is 0 Å². The van der Waals surface area contributed by atoms with Gasteiger partial charge in [-0.15, -0.1) is 24.0 Å². The molecule has 0 bridgehead atoms. The van der Waals surface area contributed by atoms with Gasteiger partial charge in [0, 0.05) is 30.2 Å². The average molecular weight is 460 g/mol. The summed E-state index contributed by atoms with van der Waals surface area (Å²) in [5.41, 5.74) is 1.40. The fourth-order valence-corrected chi connectivity index (χ4v) is 2.98. The first-order chi connectivity index (χ1) is 11.6. The Balaban J connectivity index is 0.00000225. The van der Waals surface area contributed by atoms with Crippen molar-refractivity contribution in [2.45, 2.75) is 38.2 Å². The Labute approximate surface area is 164 Å². The molecule has 0 saturated heterocycles. The maximum absolute atomic E-state index is 13.4. The van der Waals surface area contributed by atoms with Crippen LogP contribution in [0.25, 0.3) is 10.9 Å². The predicted molar refractivity (Wildman–Crippen MR) is 110 cm³/mol. The molecule has 0 unspecified atom stereocenters. The van der Waals surface area contributed by atoms with Crippen molar-refractivity contribution < 1.29 is 9.50 Å². The molecule has 1 fully saturated rings. The van der Waals surface area contributed by atoms with Crippen molar-refractivity contribution in [2.75, 3.05) is 19.6 Å². The fourth-order valence-electron chi connectivity index (χ4n) is 2.98. The topological polar surface area (TPSA) is 72.4 Å². The van der Waals surface area contributed by atoms with Gasteiger partial charge in [0.25, 0.3) is 0 Å². The van der Waals surface area contributed by atoms with Crippen LogP contribution in [-0.4, -0.2) is 41.3 Å². The van der Waals surface area contributed by atoms with Crippen molar-refractivity contribution in [3.63, 3.8) is 0 Å². The van der Waals surface area contributed by atoms with Crippen LogP contribution in [-0.2, 0) is 6.42 Å². The molecule has 1 aromatic carbocycles. The predicted octanol–water partition coefficient (Wildman–Crippen LogP) is 2.94. The molecule has 1 aliphatic rings. The lowest BCUT2D eigenvalue weighted by atomic mass is 9.80. The van der Waals surface area contributed by atoms with E-state index in [-0.39, 0.29) is 29.8 Å².